The Morgan fingerprint density at radius 3 is 2.55 bits per heavy atom. The molecule has 0 fully saturated rings. The zero-order valence-electron chi connectivity index (χ0n) is 10.7. The number of benzene rings is 1. The molecule has 20 heavy (non-hydrogen) atoms. The van der Waals surface area contributed by atoms with Crippen LogP contribution in [-0.2, 0) is 10.3 Å². The quantitative estimate of drug-likeness (QED) is 0.900. The summed E-state index contributed by atoms with van der Waals surface area (Å²) in [5, 5.41) is 2.83. The Morgan fingerprint density at radius 2 is 2.00 bits per heavy atom. The number of rotatable bonds is 4. The van der Waals surface area contributed by atoms with Gasteiger partial charge in [-0.2, -0.15) is 0 Å². The van der Waals surface area contributed by atoms with Gasteiger partial charge < -0.3 is 11.1 Å². The highest BCUT2D eigenvalue weighted by Gasteiger charge is 2.34. The Bertz CT molecular complexity index is 631. The summed E-state index contributed by atoms with van der Waals surface area (Å²) in [6.07, 6.45) is 0.990. The molecule has 3 N–H and O–H groups in total. The van der Waals surface area contributed by atoms with Crippen LogP contribution in [-0.4, -0.2) is 10.9 Å². The van der Waals surface area contributed by atoms with E-state index in [1.165, 1.54) is 37.3 Å². The molecule has 0 bridgehead atoms. The highest BCUT2D eigenvalue weighted by atomic mass is 19.1. The number of hydrogen-bond donors (Lipinski definition) is 2. The van der Waals surface area contributed by atoms with Gasteiger partial charge in [0.15, 0.2) is 5.54 Å². The van der Waals surface area contributed by atoms with Crippen LogP contribution in [0.5, 0.6) is 0 Å². The lowest BCUT2D eigenvalue weighted by atomic mass is 9.95. The molecule has 4 nitrogen and oxygen atoms in total. The van der Waals surface area contributed by atoms with Gasteiger partial charge in [-0.1, -0.05) is 6.07 Å². The number of nitrogens with one attached hydrogen (secondary N) is 1. The summed E-state index contributed by atoms with van der Waals surface area (Å²) in [5.41, 5.74) is 4.64. The molecule has 0 spiro atoms. The first-order valence-electron chi connectivity index (χ1n) is 5.87. The zero-order valence-corrected chi connectivity index (χ0v) is 10.7. The summed E-state index contributed by atoms with van der Waals surface area (Å²) in [7, 11) is 0. The van der Waals surface area contributed by atoms with Crippen LogP contribution in [0.4, 0.5) is 14.5 Å². The molecule has 0 radical (unpaired) electrons. The van der Waals surface area contributed by atoms with Crippen LogP contribution in [0.3, 0.4) is 0 Å². The Kier molecular flexibility index (Phi) is 3.65. The topological polar surface area (TPSA) is 68.0 Å². The van der Waals surface area contributed by atoms with E-state index in [2.05, 4.69) is 10.3 Å². The molecular weight excluding hydrogens is 264 g/mol. The van der Waals surface area contributed by atoms with E-state index in [1.54, 1.807) is 6.07 Å². The zero-order chi connectivity index (χ0) is 14.8. The number of primary amides is 1. The van der Waals surface area contributed by atoms with Gasteiger partial charge in [-0.25, -0.2) is 8.78 Å². The van der Waals surface area contributed by atoms with E-state index in [0.29, 0.717) is 5.69 Å². The van der Waals surface area contributed by atoms with E-state index in [0.717, 1.165) is 6.20 Å². The van der Waals surface area contributed by atoms with Gasteiger partial charge in [-0.3, -0.25) is 9.78 Å². The second-order valence-electron chi connectivity index (χ2n) is 4.49. The summed E-state index contributed by atoms with van der Waals surface area (Å²) in [4.78, 5) is 15.6. The van der Waals surface area contributed by atoms with Crippen LogP contribution in [0.15, 0.2) is 42.6 Å². The van der Waals surface area contributed by atoms with Gasteiger partial charge in [0, 0.05) is 5.69 Å². The smallest absolute Gasteiger partial charge is 0.249 e. The van der Waals surface area contributed by atoms with Crippen molar-refractivity contribution in [1.82, 2.24) is 4.98 Å². The average Bonchev–Trinajstić information content (AvgIpc) is 2.39. The average molecular weight is 277 g/mol. The van der Waals surface area contributed by atoms with E-state index in [4.69, 9.17) is 5.73 Å². The Hall–Kier alpha value is -2.50. The maximum atomic E-state index is 13.2. The molecule has 104 valence electrons. The molecule has 0 saturated heterocycles. The molecule has 1 amide bonds. The van der Waals surface area contributed by atoms with Crippen molar-refractivity contribution in [1.29, 1.82) is 0 Å². The second-order valence-corrected chi connectivity index (χ2v) is 4.49. The number of pyridine rings is 1. The number of anilines is 1. The molecule has 1 unspecified atom stereocenters. The molecule has 2 aromatic rings. The van der Waals surface area contributed by atoms with Gasteiger partial charge in [0.05, 0.1) is 11.9 Å². The molecule has 0 aliphatic carbocycles. The third kappa shape index (κ3) is 2.74. The van der Waals surface area contributed by atoms with Gasteiger partial charge in [-0.05, 0) is 37.3 Å². The number of nitrogens with zero attached hydrogens (tertiary/aromatic N) is 1. The van der Waals surface area contributed by atoms with Crippen LogP contribution in [0.2, 0.25) is 0 Å². The van der Waals surface area contributed by atoms with Gasteiger partial charge in [0.25, 0.3) is 0 Å². The Morgan fingerprint density at radius 1 is 1.25 bits per heavy atom. The van der Waals surface area contributed by atoms with Crippen molar-refractivity contribution in [3.05, 3.63) is 59.9 Å². The van der Waals surface area contributed by atoms with Crippen LogP contribution in [0, 0.1) is 11.6 Å². The summed E-state index contributed by atoms with van der Waals surface area (Å²) < 4.78 is 26.1. The van der Waals surface area contributed by atoms with E-state index in [-0.39, 0.29) is 5.69 Å². The molecule has 0 saturated carbocycles. The number of carbonyl (C=O) groups excluding carboxylic acids is 1. The summed E-state index contributed by atoms with van der Waals surface area (Å²) in [6, 6.07) is 8.13. The highest BCUT2D eigenvalue weighted by molar-refractivity contribution is 5.88. The van der Waals surface area contributed by atoms with Crippen LogP contribution in [0.1, 0.15) is 12.6 Å². The first kappa shape index (κ1) is 13.9. The fourth-order valence-electron chi connectivity index (χ4n) is 1.78. The molecule has 1 heterocycles. The van der Waals surface area contributed by atoms with Crippen LogP contribution < -0.4 is 11.1 Å². The van der Waals surface area contributed by atoms with Crippen LogP contribution >= 0.6 is 0 Å². The maximum absolute atomic E-state index is 13.2. The lowest BCUT2D eigenvalue weighted by Crippen LogP contribution is -2.45. The van der Waals surface area contributed by atoms with Crippen molar-refractivity contribution >= 4 is 11.6 Å². The largest absolute Gasteiger partial charge is 0.367 e. The normalized spacial score (nSPS) is 13.6. The van der Waals surface area contributed by atoms with Gasteiger partial charge in [0.1, 0.15) is 11.6 Å². The lowest BCUT2D eigenvalue weighted by Gasteiger charge is -2.28. The Labute approximate surface area is 114 Å². The fraction of sp³-hybridized carbons (Fsp3) is 0.143. The number of carbonyl (C=O) groups is 1. The molecule has 1 atom stereocenters. The number of nitrogens with two attached hydrogens (primary N) is 1. The van der Waals surface area contributed by atoms with Crippen LogP contribution in [0.25, 0.3) is 0 Å². The fourth-order valence-corrected chi connectivity index (χ4v) is 1.78. The third-order valence-corrected chi connectivity index (χ3v) is 2.95. The van der Waals surface area contributed by atoms with Crippen molar-refractivity contribution in [2.45, 2.75) is 12.5 Å². The minimum atomic E-state index is -1.37. The molecule has 6 heteroatoms. The first-order chi connectivity index (χ1) is 9.41. The van der Waals surface area contributed by atoms with E-state index in [9.17, 15) is 13.6 Å². The highest BCUT2D eigenvalue weighted by Crippen LogP contribution is 2.25. The first-order valence-corrected chi connectivity index (χ1v) is 5.87. The SMILES string of the molecule is CC(Nc1cccc(F)c1)(C(N)=O)c1ccc(F)cn1. The van der Waals surface area contributed by atoms with E-state index >= 15 is 0 Å². The maximum Gasteiger partial charge on any atom is 0.249 e. The van der Waals surface area contributed by atoms with Crippen molar-refractivity contribution < 1.29 is 13.6 Å². The molecule has 2 rings (SSSR count). The monoisotopic (exact) mass is 277 g/mol. The van der Waals surface area contributed by atoms with Gasteiger partial charge >= 0.3 is 0 Å². The van der Waals surface area contributed by atoms with E-state index < -0.39 is 23.1 Å². The second kappa shape index (κ2) is 5.24. The number of amides is 1. The summed E-state index contributed by atoms with van der Waals surface area (Å²) in [5.74, 6) is -1.68. The molecule has 1 aromatic carbocycles. The van der Waals surface area contributed by atoms with Gasteiger partial charge in [-0.15, -0.1) is 0 Å². The number of halogens is 2. The summed E-state index contributed by atoms with van der Waals surface area (Å²) >= 11 is 0. The molecule has 1 aromatic heterocycles. The number of aromatic nitrogens is 1. The molecular formula is C14H13F2N3O. The predicted molar refractivity (Wildman–Crippen MR) is 70.8 cm³/mol. The van der Waals surface area contributed by atoms with Crippen molar-refractivity contribution in [3.8, 4) is 0 Å². The Balaban J connectivity index is 2.39. The summed E-state index contributed by atoms with van der Waals surface area (Å²) in [6.45, 7) is 1.50. The standard InChI is InChI=1S/C14H13F2N3O/c1-14(13(17)20,12-6-5-10(16)8-18-12)19-11-4-2-3-9(15)7-11/h2-8,19H,1H3,(H2,17,20). The number of hydrogen-bond acceptors (Lipinski definition) is 3. The third-order valence-electron chi connectivity index (χ3n) is 2.95. The van der Waals surface area contributed by atoms with Crippen molar-refractivity contribution in [2.24, 2.45) is 5.73 Å². The lowest BCUT2D eigenvalue weighted by molar-refractivity contribution is -0.122. The molecule has 0 aliphatic rings. The van der Waals surface area contributed by atoms with E-state index in [1.807, 2.05) is 0 Å². The van der Waals surface area contributed by atoms with Crippen molar-refractivity contribution in [3.63, 3.8) is 0 Å². The van der Waals surface area contributed by atoms with Gasteiger partial charge in [0.2, 0.25) is 5.91 Å². The minimum Gasteiger partial charge on any atom is -0.367 e. The molecule has 0 aliphatic heterocycles. The minimum absolute atomic E-state index is 0.246. The van der Waals surface area contributed by atoms with Crippen molar-refractivity contribution in [2.75, 3.05) is 5.32 Å². The predicted octanol–water partition coefficient (Wildman–Crippen LogP) is 2.17.